The van der Waals surface area contributed by atoms with Gasteiger partial charge in [-0.15, -0.1) is 0 Å². The lowest BCUT2D eigenvalue weighted by atomic mass is 10.1. The van der Waals surface area contributed by atoms with Crippen LogP contribution in [0.25, 0.3) is 0 Å². The highest BCUT2D eigenvalue weighted by molar-refractivity contribution is 6.03. The molecule has 0 radical (unpaired) electrons. The third-order valence-electron chi connectivity index (χ3n) is 6.15. The van der Waals surface area contributed by atoms with Crippen LogP contribution in [0.2, 0.25) is 0 Å². The summed E-state index contributed by atoms with van der Waals surface area (Å²) >= 11 is 0. The maximum atomic E-state index is 12.9. The maximum absolute atomic E-state index is 12.9. The molecule has 1 N–H and O–H groups in total. The Kier molecular flexibility index (Phi) is 6.03. The van der Waals surface area contributed by atoms with Crippen molar-refractivity contribution in [3.8, 4) is 5.75 Å². The highest BCUT2D eigenvalue weighted by Gasteiger charge is 2.35. The third kappa shape index (κ3) is 4.18. The molecule has 2 amide bonds. The van der Waals surface area contributed by atoms with E-state index in [1.165, 1.54) is 0 Å². The van der Waals surface area contributed by atoms with Gasteiger partial charge in [-0.2, -0.15) is 5.10 Å². The predicted octanol–water partition coefficient (Wildman–Crippen LogP) is 2.54. The van der Waals surface area contributed by atoms with Crippen molar-refractivity contribution in [1.82, 2.24) is 14.7 Å². The number of rotatable bonds is 6. The van der Waals surface area contributed by atoms with E-state index in [-0.39, 0.29) is 24.2 Å². The zero-order valence-electron chi connectivity index (χ0n) is 17.6. The van der Waals surface area contributed by atoms with Crippen LogP contribution < -0.4 is 15.0 Å². The molecule has 8 nitrogen and oxygen atoms in total. The second-order valence-corrected chi connectivity index (χ2v) is 7.92. The summed E-state index contributed by atoms with van der Waals surface area (Å²) in [6.45, 7) is 5.71. The number of hydrogen-bond acceptors (Lipinski definition) is 5. The zero-order valence-corrected chi connectivity index (χ0v) is 17.6. The van der Waals surface area contributed by atoms with Gasteiger partial charge >= 0.3 is 0 Å². The minimum Gasteiger partial charge on any atom is -0.497 e. The van der Waals surface area contributed by atoms with Crippen molar-refractivity contribution in [3.63, 3.8) is 0 Å². The average molecular weight is 412 g/mol. The van der Waals surface area contributed by atoms with Crippen molar-refractivity contribution in [2.45, 2.75) is 32.2 Å². The highest BCUT2D eigenvalue weighted by Crippen LogP contribution is 2.29. The molecule has 160 valence electrons. The van der Waals surface area contributed by atoms with Crippen molar-refractivity contribution in [2.24, 2.45) is 5.92 Å². The van der Waals surface area contributed by atoms with Gasteiger partial charge in [0, 0.05) is 37.8 Å². The summed E-state index contributed by atoms with van der Waals surface area (Å²) in [5.74, 6) is 0.890. The molecule has 2 saturated heterocycles. The van der Waals surface area contributed by atoms with Crippen LogP contribution in [0.5, 0.6) is 5.75 Å². The Morgan fingerprint density at radius 3 is 2.60 bits per heavy atom. The molecule has 2 aliphatic rings. The van der Waals surface area contributed by atoms with Gasteiger partial charge in [-0.25, -0.2) is 4.68 Å². The molecule has 1 atom stereocenters. The number of carbonyl (C=O) groups is 2. The van der Waals surface area contributed by atoms with E-state index in [1.54, 1.807) is 18.2 Å². The van der Waals surface area contributed by atoms with Crippen molar-refractivity contribution in [3.05, 3.63) is 36.5 Å². The van der Waals surface area contributed by atoms with E-state index < -0.39 is 0 Å². The summed E-state index contributed by atoms with van der Waals surface area (Å²) in [6.07, 6.45) is 3.98. The number of piperidine rings is 1. The van der Waals surface area contributed by atoms with E-state index >= 15 is 0 Å². The molecule has 0 spiro atoms. The van der Waals surface area contributed by atoms with E-state index in [0.717, 1.165) is 43.9 Å². The lowest BCUT2D eigenvalue weighted by Crippen LogP contribution is -2.35. The number of nitrogens with one attached hydrogen (secondary N) is 1. The number of anilines is 2. The third-order valence-corrected chi connectivity index (χ3v) is 6.15. The van der Waals surface area contributed by atoms with Crippen molar-refractivity contribution in [1.29, 1.82) is 0 Å². The van der Waals surface area contributed by atoms with Gasteiger partial charge in [-0.05, 0) is 43.7 Å². The van der Waals surface area contributed by atoms with Crippen LogP contribution in [0.4, 0.5) is 11.5 Å². The lowest BCUT2D eigenvalue weighted by molar-refractivity contribution is -0.122. The van der Waals surface area contributed by atoms with Crippen molar-refractivity contribution < 1.29 is 14.3 Å². The van der Waals surface area contributed by atoms with Gasteiger partial charge in [0.05, 0.1) is 25.3 Å². The van der Waals surface area contributed by atoms with Gasteiger partial charge in [-0.1, -0.05) is 6.92 Å². The van der Waals surface area contributed by atoms with Gasteiger partial charge in [-0.3, -0.25) is 9.59 Å². The van der Waals surface area contributed by atoms with Crippen LogP contribution in [-0.2, 0) is 9.59 Å². The Hall–Kier alpha value is -2.87. The van der Waals surface area contributed by atoms with Crippen molar-refractivity contribution in [2.75, 3.05) is 43.5 Å². The summed E-state index contributed by atoms with van der Waals surface area (Å²) in [5.41, 5.74) is 0.781. The maximum Gasteiger partial charge on any atom is 0.230 e. The first-order chi connectivity index (χ1) is 14.6. The molecular weight excluding hydrogens is 382 g/mol. The number of methoxy groups -OCH3 is 1. The molecule has 8 heteroatoms. The molecule has 2 aromatic rings. The lowest BCUT2D eigenvalue weighted by Gasteiger charge is -2.31. The van der Waals surface area contributed by atoms with E-state index in [2.05, 4.69) is 22.2 Å². The first kappa shape index (κ1) is 20.4. The summed E-state index contributed by atoms with van der Waals surface area (Å²) in [7, 11) is 1.61. The van der Waals surface area contributed by atoms with Gasteiger partial charge in [0.25, 0.3) is 0 Å². The first-order valence-electron chi connectivity index (χ1n) is 10.6. The Balaban J connectivity index is 1.39. The minimum absolute atomic E-state index is 0.0410. The fraction of sp³-hybridized carbons (Fsp3) is 0.500. The SMILES string of the molecule is CCN1CCC(n2nccc2NC(=O)[C@H]2CC(=O)N(c3ccc(OC)cc3)C2)CC1. The predicted molar refractivity (Wildman–Crippen MR) is 115 cm³/mol. The molecule has 0 saturated carbocycles. The molecule has 2 aliphatic heterocycles. The van der Waals surface area contributed by atoms with E-state index in [4.69, 9.17) is 4.74 Å². The smallest absolute Gasteiger partial charge is 0.230 e. The number of nitrogens with zero attached hydrogens (tertiary/aromatic N) is 4. The molecule has 30 heavy (non-hydrogen) atoms. The Labute approximate surface area is 176 Å². The average Bonchev–Trinajstić information content (AvgIpc) is 3.40. The highest BCUT2D eigenvalue weighted by atomic mass is 16.5. The van der Waals surface area contributed by atoms with Gasteiger partial charge in [0.15, 0.2) is 0 Å². The Morgan fingerprint density at radius 1 is 1.20 bits per heavy atom. The number of hydrogen-bond donors (Lipinski definition) is 1. The number of aromatic nitrogens is 2. The normalized spacial score (nSPS) is 20.5. The van der Waals surface area contributed by atoms with Gasteiger partial charge < -0.3 is 19.9 Å². The standard InChI is InChI=1S/C22H29N5O3/c1-3-25-12-9-18(10-13-25)27-20(8-11-23-27)24-22(29)16-14-21(28)26(15-16)17-4-6-19(30-2)7-5-17/h4-8,11,16,18H,3,9-10,12-15H2,1-2H3,(H,24,29)/t16-/m0/s1. The monoisotopic (exact) mass is 411 g/mol. The quantitative estimate of drug-likeness (QED) is 0.790. The van der Waals surface area contributed by atoms with Crippen LogP contribution in [0, 0.1) is 5.92 Å². The molecule has 4 rings (SSSR count). The Bertz CT molecular complexity index is 886. The van der Waals surface area contributed by atoms with E-state index in [1.807, 2.05) is 35.0 Å². The molecule has 0 aliphatic carbocycles. The zero-order chi connectivity index (χ0) is 21.1. The molecule has 3 heterocycles. The molecule has 1 aromatic carbocycles. The second-order valence-electron chi connectivity index (χ2n) is 7.92. The second kappa shape index (κ2) is 8.87. The molecule has 0 bridgehead atoms. The van der Waals surface area contributed by atoms with E-state index in [0.29, 0.717) is 18.4 Å². The van der Waals surface area contributed by atoms with Crippen LogP contribution in [0.15, 0.2) is 36.5 Å². The number of carbonyl (C=O) groups excluding carboxylic acids is 2. The number of benzene rings is 1. The fourth-order valence-corrected chi connectivity index (χ4v) is 4.31. The largest absolute Gasteiger partial charge is 0.497 e. The summed E-state index contributed by atoms with van der Waals surface area (Å²) < 4.78 is 7.11. The molecule has 2 fully saturated rings. The Morgan fingerprint density at radius 2 is 1.93 bits per heavy atom. The van der Waals surface area contributed by atoms with Crippen molar-refractivity contribution >= 4 is 23.3 Å². The summed E-state index contributed by atoms with van der Waals surface area (Å²) in [4.78, 5) is 29.5. The van der Waals surface area contributed by atoms with Crippen LogP contribution in [0.3, 0.4) is 0 Å². The van der Waals surface area contributed by atoms with Gasteiger partial charge in [0.1, 0.15) is 11.6 Å². The molecule has 1 aromatic heterocycles. The number of ether oxygens (including phenoxy) is 1. The van der Waals surface area contributed by atoms with E-state index in [9.17, 15) is 9.59 Å². The number of amides is 2. The molecule has 0 unspecified atom stereocenters. The van der Waals surface area contributed by atoms with Crippen LogP contribution in [0.1, 0.15) is 32.2 Å². The minimum atomic E-state index is -0.384. The summed E-state index contributed by atoms with van der Waals surface area (Å²) in [6, 6.07) is 9.45. The van der Waals surface area contributed by atoms with Crippen LogP contribution >= 0.6 is 0 Å². The summed E-state index contributed by atoms with van der Waals surface area (Å²) in [5, 5.41) is 7.47. The topological polar surface area (TPSA) is 79.7 Å². The number of likely N-dealkylation sites (tertiary alicyclic amines) is 1. The van der Waals surface area contributed by atoms with Gasteiger partial charge in [0.2, 0.25) is 11.8 Å². The first-order valence-corrected chi connectivity index (χ1v) is 10.6. The fourth-order valence-electron chi connectivity index (χ4n) is 4.31. The van der Waals surface area contributed by atoms with Crippen LogP contribution in [-0.4, -0.2) is 59.8 Å². The molecular formula is C22H29N5O3.